The third-order valence-corrected chi connectivity index (χ3v) is 5.08. The highest BCUT2D eigenvalue weighted by Gasteiger charge is 2.16. The Balaban J connectivity index is 1.74. The summed E-state index contributed by atoms with van der Waals surface area (Å²) in [6.07, 6.45) is 1.77. The number of carbonyl (C=O) groups is 1. The second kappa shape index (κ2) is 7.57. The number of aromatic nitrogens is 1. The zero-order valence-corrected chi connectivity index (χ0v) is 15.3. The van der Waals surface area contributed by atoms with E-state index in [1.54, 1.807) is 13.3 Å². The number of carbonyl (C=O) groups excluding carboxylic acids is 1. The number of pyridine rings is 1. The van der Waals surface area contributed by atoms with Crippen LogP contribution in [0.3, 0.4) is 0 Å². The maximum Gasteiger partial charge on any atom is 0.237 e. The van der Waals surface area contributed by atoms with Gasteiger partial charge in [0, 0.05) is 16.5 Å². The zero-order valence-electron chi connectivity index (χ0n) is 14.4. The monoisotopic (exact) mass is 352 g/mol. The summed E-state index contributed by atoms with van der Waals surface area (Å²) in [5.74, 6) is 0.773. The number of aryl methyl sites for hydroxylation is 1. The van der Waals surface area contributed by atoms with E-state index in [-0.39, 0.29) is 11.2 Å². The number of methoxy groups -OCH3 is 1. The van der Waals surface area contributed by atoms with E-state index in [0.717, 1.165) is 32.8 Å². The highest BCUT2D eigenvalue weighted by Crippen LogP contribution is 2.28. The average molecular weight is 352 g/mol. The molecular formula is C20H20N2O2S. The van der Waals surface area contributed by atoms with Crippen molar-refractivity contribution in [3.63, 3.8) is 0 Å². The molecule has 0 spiro atoms. The first-order chi connectivity index (χ1) is 12.1. The van der Waals surface area contributed by atoms with Crippen LogP contribution < -0.4 is 10.1 Å². The van der Waals surface area contributed by atoms with Crippen LogP contribution in [0.1, 0.15) is 12.5 Å². The fourth-order valence-corrected chi connectivity index (χ4v) is 3.44. The minimum atomic E-state index is -0.221. The topological polar surface area (TPSA) is 51.2 Å². The van der Waals surface area contributed by atoms with Gasteiger partial charge in [0.15, 0.2) is 0 Å². The van der Waals surface area contributed by atoms with Crippen molar-refractivity contribution in [1.82, 2.24) is 4.98 Å². The van der Waals surface area contributed by atoms with E-state index < -0.39 is 0 Å². The minimum Gasteiger partial charge on any atom is -0.497 e. The fourth-order valence-electron chi connectivity index (χ4n) is 2.57. The Labute approximate surface area is 151 Å². The van der Waals surface area contributed by atoms with E-state index in [4.69, 9.17) is 4.74 Å². The van der Waals surface area contributed by atoms with Gasteiger partial charge in [-0.1, -0.05) is 6.07 Å². The molecule has 0 aliphatic carbocycles. The lowest BCUT2D eigenvalue weighted by Gasteiger charge is -2.14. The molecule has 0 bridgehead atoms. The van der Waals surface area contributed by atoms with Crippen LogP contribution >= 0.6 is 11.8 Å². The maximum absolute atomic E-state index is 12.6. The normalized spacial score (nSPS) is 12.0. The molecule has 25 heavy (non-hydrogen) atoms. The van der Waals surface area contributed by atoms with Crippen molar-refractivity contribution in [3.8, 4) is 5.75 Å². The van der Waals surface area contributed by atoms with Gasteiger partial charge in [0.25, 0.3) is 0 Å². The van der Waals surface area contributed by atoms with Gasteiger partial charge >= 0.3 is 0 Å². The van der Waals surface area contributed by atoms with Crippen molar-refractivity contribution >= 4 is 34.3 Å². The van der Waals surface area contributed by atoms with Crippen LogP contribution in [0.25, 0.3) is 10.9 Å². The Bertz CT molecular complexity index is 894. The zero-order chi connectivity index (χ0) is 17.8. The van der Waals surface area contributed by atoms with Crippen LogP contribution in [0.2, 0.25) is 0 Å². The van der Waals surface area contributed by atoms with E-state index in [2.05, 4.69) is 10.3 Å². The Morgan fingerprint density at radius 1 is 1.16 bits per heavy atom. The lowest BCUT2D eigenvalue weighted by Crippen LogP contribution is -2.22. The Hall–Kier alpha value is -2.53. The summed E-state index contributed by atoms with van der Waals surface area (Å²) in [6.45, 7) is 3.92. The summed E-state index contributed by atoms with van der Waals surface area (Å²) in [6, 6.07) is 15.5. The molecule has 3 rings (SSSR count). The van der Waals surface area contributed by atoms with Gasteiger partial charge in [0.05, 0.1) is 23.6 Å². The lowest BCUT2D eigenvalue weighted by molar-refractivity contribution is -0.115. The number of anilines is 1. The second-order valence-corrected chi connectivity index (χ2v) is 7.17. The number of benzene rings is 2. The molecule has 1 atom stereocenters. The van der Waals surface area contributed by atoms with Gasteiger partial charge in [0.2, 0.25) is 5.91 Å². The van der Waals surface area contributed by atoms with Gasteiger partial charge in [-0.2, -0.15) is 0 Å². The third kappa shape index (κ3) is 3.94. The van der Waals surface area contributed by atoms with Crippen molar-refractivity contribution in [1.29, 1.82) is 0 Å². The first-order valence-electron chi connectivity index (χ1n) is 8.04. The fraction of sp³-hybridized carbons (Fsp3) is 0.200. The van der Waals surface area contributed by atoms with Gasteiger partial charge in [-0.15, -0.1) is 11.8 Å². The van der Waals surface area contributed by atoms with Crippen molar-refractivity contribution < 1.29 is 9.53 Å². The summed E-state index contributed by atoms with van der Waals surface area (Å²) in [5.41, 5.74) is 2.80. The third-order valence-electron chi connectivity index (χ3n) is 3.97. The van der Waals surface area contributed by atoms with Gasteiger partial charge < -0.3 is 10.1 Å². The number of hydrogen-bond acceptors (Lipinski definition) is 4. The molecule has 4 nitrogen and oxygen atoms in total. The number of fused-ring (bicyclic) bond motifs is 1. The van der Waals surface area contributed by atoms with Crippen LogP contribution in [-0.2, 0) is 4.79 Å². The van der Waals surface area contributed by atoms with E-state index in [0.29, 0.717) is 0 Å². The molecular weight excluding hydrogens is 332 g/mol. The van der Waals surface area contributed by atoms with Gasteiger partial charge in [-0.05, 0) is 61.9 Å². The number of nitrogens with one attached hydrogen (secondary N) is 1. The molecule has 0 aliphatic heterocycles. The molecule has 1 aromatic heterocycles. The Morgan fingerprint density at radius 3 is 2.64 bits per heavy atom. The summed E-state index contributed by atoms with van der Waals surface area (Å²) >= 11 is 1.52. The molecule has 128 valence electrons. The Kier molecular flexibility index (Phi) is 5.24. The highest BCUT2D eigenvalue weighted by atomic mass is 32.2. The van der Waals surface area contributed by atoms with E-state index in [1.165, 1.54) is 11.8 Å². The number of nitrogens with zero attached hydrogens (tertiary/aromatic N) is 1. The molecule has 5 heteroatoms. The molecule has 3 aromatic rings. The molecule has 0 fully saturated rings. The second-order valence-electron chi connectivity index (χ2n) is 5.75. The quantitative estimate of drug-likeness (QED) is 0.678. The van der Waals surface area contributed by atoms with Crippen molar-refractivity contribution in [2.75, 3.05) is 12.4 Å². The van der Waals surface area contributed by atoms with E-state index in [9.17, 15) is 4.79 Å². The van der Waals surface area contributed by atoms with Crippen molar-refractivity contribution in [2.45, 2.75) is 24.0 Å². The number of amides is 1. The molecule has 1 amide bonds. The molecule has 0 saturated carbocycles. The minimum absolute atomic E-state index is 0.0326. The molecule has 0 radical (unpaired) electrons. The van der Waals surface area contributed by atoms with E-state index in [1.807, 2.05) is 62.4 Å². The standard InChI is InChI=1S/C20H20N2O2S/c1-13-6-11-18(17-5-4-12-21-19(13)17)22-20(23)14(2)25-16-9-7-15(24-3)8-10-16/h4-12,14H,1-3H3,(H,22,23). The number of rotatable bonds is 5. The SMILES string of the molecule is COc1ccc(SC(C)C(=O)Nc2ccc(C)c3ncccc23)cc1. The van der Waals surface area contributed by atoms with Crippen LogP contribution in [-0.4, -0.2) is 23.3 Å². The van der Waals surface area contributed by atoms with Crippen LogP contribution in [0.15, 0.2) is 59.6 Å². The lowest BCUT2D eigenvalue weighted by atomic mass is 10.1. The van der Waals surface area contributed by atoms with E-state index >= 15 is 0 Å². The van der Waals surface area contributed by atoms with Gasteiger partial charge in [-0.3, -0.25) is 9.78 Å². The smallest absolute Gasteiger partial charge is 0.237 e. The van der Waals surface area contributed by atoms with Crippen LogP contribution in [0, 0.1) is 6.92 Å². The molecule has 1 heterocycles. The van der Waals surface area contributed by atoms with Crippen LogP contribution in [0.5, 0.6) is 5.75 Å². The highest BCUT2D eigenvalue weighted by molar-refractivity contribution is 8.00. The predicted molar refractivity (Wildman–Crippen MR) is 103 cm³/mol. The van der Waals surface area contributed by atoms with Crippen molar-refractivity contribution in [2.24, 2.45) is 0 Å². The number of ether oxygens (including phenoxy) is 1. The van der Waals surface area contributed by atoms with Crippen molar-refractivity contribution in [3.05, 3.63) is 60.3 Å². The van der Waals surface area contributed by atoms with Gasteiger partial charge in [0.1, 0.15) is 5.75 Å². The molecule has 0 saturated heterocycles. The number of hydrogen-bond donors (Lipinski definition) is 1. The molecule has 2 aromatic carbocycles. The van der Waals surface area contributed by atoms with Gasteiger partial charge in [-0.25, -0.2) is 0 Å². The maximum atomic E-state index is 12.6. The molecule has 1 unspecified atom stereocenters. The first-order valence-corrected chi connectivity index (χ1v) is 8.92. The summed E-state index contributed by atoms with van der Waals surface area (Å²) in [5, 5.41) is 3.77. The largest absolute Gasteiger partial charge is 0.497 e. The predicted octanol–water partition coefficient (Wildman–Crippen LogP) is 4.67. The molecule has 0 aliphatic rings. The number of thioether (sulfide) groups is 1. The van der Waals surface area contributed by atoms with Crippen LogP contribution in [0.4, 0.5) is 5.69 Å². The summed E-state index contributed by atoms with van der Waals surface area (Å²) in [7, 11) is 1.64. The summed E-state index contributed by atoms with van der Waals surface area (Å²) < 4.78 is 5.16. The molecule has 1 N–H and O–H groups in total. The average Bonchev–Trinajstić information content (AvgIpc) is 2.64. The first kappa shape index (κ1) is 17.3. The summed E-state index contributed by atoms with van der Waals surface area (Å²) in [4.78, 5) is 18.0. The Morgan fingerprint density at radius 2 is 1.92 bits per heavy atom.